The van der Waals surface area contributed by atoms with Crippen molar-refractivity contribution in [1.29, 1.82) is 0 Å². The van der Waals surface area contributed by atoms with Crippen LogP contribution in [0.1, 0.15) is 10.4 Å². The van der Waals surface area contributed by atoms with Crippen LogP contribution in [-0.2, 0) is 17.8 Å². The number of hydrogen-bond acceptors (Lipinski definition) is 3. The average Bonchev–Trinajstić information content (AvgIpc) is 2.88. The molecule has 1 amide bonds. The fraction of sp³-hybridized carbons (Fsp3) is 0.118. The van der Waals surface area contributed by atoms with Gasteiger partial charge in [-0.1, -0.05) is 36.4 Å². The van der Waals surface area contributed by atoms with E-state index in [2.05, 4.69) is 35.6 Å². The van der Waals surface area contributed by atoms with Crippen molar-refractivity contribution in [2.24, 2.45) is 5.73 Å². The minimum absolute atomic E-state index is 0.260. The predicted octanol–water partition coefficient (Wildman–Crippen LogP) is 3.54. The minimum atomic E-state index is -0.314. The van der Waals surface area contributed by atoms with Crippen LogP contribution in [0.15, 0.2) is 54.6 Å². The first-order valence-electron chi connectivity index (χ1n) is 6.80. The molecule has 0 aliphatic carbocycles. The monoisotopic (exact) mass is 296 g/mol. The molecule has 0 aliphatic rings. The Kier molecular flexibility index (Phi) is 3.88. The molecule has 0 unspecified atom stereocenters. The number of para-hydroxylation sites is 1. The van der Waals surface area contributed by atoms with E-state index in [-0.39, 0.29) is 12.3 Å². The number of hydrogen-bond donors (Lipinski definition) is 2. The SMILES string of the molecule is NC(=O)Cc1ccccc1NCc1cc2ccccc2s1. The van der Waals surface area contributed by atoms with Gasteiger partial charge in [0.15, 0.2) is 0 Å². The number of carbonyl (C=O) groups excluding carboxylic acids is 1. The Labute approximate surface area is 127 Å². The van der Waals surface area contributed by atoms with Gasteiger partial charge in [-0.15, -0.1) is 11.3 Å². The summed E-state index contributed by atoms with van der Waals surface area (Å²) in [5.74, 6) is -0.314. The second kappa shape index (κ2) is 5.97. The van der Waals surface area contributed by atoms with Crippen LogP contribution in [0, 0.1) is 0 Å². The molecule has 3 N–H and O–H groups in total. The van der Waals surface area contributed by atoms with E-state index in [0.717, 1.165) is 17.8 Å². The molecule has 4 heteroatoms. The number of carbonyl (C=O) groups is 1. The Morgan fingerprint density at radius 1 is 1.10 bits per heavy atom. The number of benzene rings is 2. The number of rotatable bonds is 5. The number of amides is 1. The van der Waals surface area contributed by atoms with Gasteiger partial charge in [-0.2, -0.15) is 0 Å². The van der Waals surface area contributed by atoms with Crippen LogP contribution in [0.4, 0.5) is 5.69 Å². The number of anilines is 1. The fourth-order valence-corrected chi connectivity index (χ4v) is 3.35. The van der Waals surface area contributed by atoms with Gasteiger partial charge in [0.05, 0.1) is 6.42 Å². The Morgan fingerprint density at radius 2 is 1.86 bits per heavy atom. The highest BCUT2D eigenvalue weighted by molar-refractivity contribution is 7.19. The van der Waals surface area contributed by atoms with E-state index in [1.165, 1.54) is 15.0 Å². The van der Waals surface area contributed by atoms with Crippen molar-refractivity contribution in [3.8, 4) is 0 Å². The molecule has 3 nitrogen and oxygen atoms in total. The topological polar surface area (TPSA) is 55.1 Å². The van der Waals surface area contributed by atoms with Crippen LogP contribution in [0.3, 0.4) is 0 Å². The number of nitrogens with one attached hydrogen (secondary N) is 1. The van der Waals surface area contributed by atoms with Gasteiger partial charge in [-0.3, -0.25) is 4.79 Å². The van der Waals surface area contributed by atoms with E-state index in [0.29, 0.717) is 0 Å². The molecule has 0 aliphatic heterocycles. The lowest BCUT2D eigenvalue weighted by atomic mass is 10.1. The van der Waals surface area contributed by atoms with Gasteiger partial charge in [0, 0.05) is 21.8 Å². The zero-order valence-electron chi connectivity index (χ0n) is 11.5. The van der Waals surface area contributed by atoms with Crippen molar-refractivity contribution in [3.05, 3.63) is 65.0 Å². The maximum absolute atomic E-state index is 11.1. The average molecular weight is 296 g/mol. The molecule has 0 saturated heterocycles. The molecular formula is C17H16N2OS. The third kappa shape index (κ3) is 3.23. The third-order valence-corrected chi connectivity index (χ3v) is 4.43. The maximum Gasteiger partial charge on any atom is 0.221 e. The number of nitrogens with two attached hydrogens (primary N) is 1. The lowest BCUT2D eigenvalue weighted by Crippen LogP contribution is -2.15. The highest BCUT2D eigenvalue weighted by Gasteiger charge is 2.06. The molecule has 0 radical (unpaired) electrons. The van der Waals surface area contributed by atoms with Crippen molar-refractivity contribution in [1.82, 2.24) is 0 Å². The van der Waals surface area contributed by atoms with Crippen LogP contribution >= 0.6 is 11.3 Å². The van der Waals surface area contributed by atoms with Crippen molar-refractivity contribution in [2.75, 3.05) is 5.32 Å². The normalized spacial score (nSPS) is 10.7. The van der Waals surface area contributed by atoms with Crippen molar-refractivity contribution >= 4 is 33.0 Å². The predicted molar refractivity (Wildman–Crippen MR) is 88.5 cm³/mol. The van der Waals surface area contributed by atoms with Crippen LogP contribution in [0.2, 0.25) is 0 Å². The fourth-order valence-electron chi connectivity index (χ4n) is 2.34. The largest absolute Gasteiger partial charge is 0.380 e. The van der Waals surface area contributed by atoms with E-state index < -0.39 is 0 Å². The van der Waals surface area contributed by atoms with Gasteiger partial charge in [0.25, 0.3) is 0 Å². The van der Waals surface area contributed by atoms with Crippen LogP contribution < -0.4 is 11.1 Å². The lowest BCUT2D eigenvalue weighted by Gasteiger charge is -2.09. The summed E-state index contributed by atoms with van der Waals surface area (Å²) in [7, 11) is 0. The first kappa shape index (κ1) is 13.6. The highest BCUT2D eigenvalue weighted by Crippen LogP contribution is 2.26. The standard InChI is InChI=1S/C17H16N2OS/c18-17(20)10-12-5-1-3-7-15(12)19-11-14-9-13-6-2-4-8-16(13)21-14/h1-9,19H,10-11H2,(H2,18,20). The summed E-state index contributed by atoms with van der Waals surface area (Å²) < 4.78 is 1.29. The molecule has 3 aromatic rings. The van der Waals surface area contributed by atoms with Gasteiger partial charge in [0.2, 0.25) is 5.91 Å². The molecule has 0 bridgehead atoms. The summed E-state index contributed by atoms with van der Waals surface area (Å²) in [6, 6.07) is 18.3. The van der Waals surface area contributed by atoms with E-state index in [1.807, 2.05) is 24.3 Å². The smallest absolute Gasteiger partial charge is 0.221 e. The molecule has 1 aromatic heterocycles. The minimum Gasteiger partial charge on any atom is -0.380 e. The summed E-state index contributed by atoms with van der Waals surface area (Å²) in [6.45, 7) is 0.745. The molecule has 0 saturated carbocycles. The first-order valence-corrected chi connectivity index (χ1v) is 7.61. The van der Waals surface area contributed by atoms with Crippen molar-refractivity contribution in [3.63, 3.8) is 0 Å². The zero-order chi connectivity index (χ0) is 14.7. The summed E-state index contributed by atoms with van der Waals surface area (Å²) >= 11 is 1.78. The third-order valence-electron chi connectivity index (χ3n) is 3.31. The molecule has 106 valence electrons. The second-order valence-corrected chi connectivity index (χ2v) is 6.07. The van der Waals surface area contributed by atoms with Gasteiger partial charge < -0.3 is 11.1 Å². The molecule has 1 heterocycles. The quantitative estimate of drug-likeness (QED) is 0.756. The molecule has 3 rings (SSSR count). The van der Waals surface area contributed by atoms with Gasteiger partial charge in [-0.25, -0.2) is 0 Å². The molecule has 0 spiro atoms. The summed E-state index contributed by atoms with van der Waals surface area (Å²) in [5.41, 5.74) is 7.19. The summed E-state index contributed by atoms with van der Waals surface area (Å²) in [4.78, 5) is 12.4. The summed E-state index contributed by atoms with van der Waals surface area (Å²) in [6.07, 6.45) is 0.260. The molecule has 0 fully saturated rings. The van der Waals surface area contributed by atoms with Gasteiger partial charge in [0.1, 0.15) is 0 Å². The lowest BCUT2D eigenvalue weighted by molar-refractivity contribution is -0.117. The Balaban J connectivity index is 1.76. The van der Waals surface area contributed by atoms with Crippen molar-refractivity contribution in [2.45, 2.75) is 13.0 Å². The molecule has 0 atom stereocenters. The van der Waals surface area contributed by atoms with Crippen LogP contribution in [0.5, 0.6) is 0 Å². The van der Waals surface area contributed by atoms with Gasteiger partial charge in [-0.05, 0) is 29.1 Å². The molecule has 21 heavy (non-hydrogen) atoms. The number of thiophene rings is 1. The zero-order valence-corrected chi connectivity index (χ0v) is 12.3. The van der Waals surface area contributed by atoms with E-state index in [1.54, 1.807) is 11.3 Å². The Morgan fingerprint density at radius 3 is 2.67 bits per heavy atom. The molecular weight excluding hydrogens is 280 g/mol. The number of primary amides is 1. The van der Waals surface area contributed by atoms with E-state index in [9.17, 15) is 4.79 Å². The summed E-state index contributed by atoms with van der Waals surface area (Å²) in [5, 5.41) is 4.67. The van der Waals surface area contributed by atoms with Crippen molar-refractivity contribution < 1.29 is 4.79 Å². The van der Waals surface area contributed by atoms with E-state index >= 15 is 0 Å². The maximum atomic E-state index is 11.1. The highest BCUT2D eigenvalue weighted by atomic mass is 32.1. The second-order valence-electron chi connectivity index (χ2n) is 4.90. The Hall–Kier alpha value is -2.33. The number of fused-ring (bicyclic) bond motifs is 1. The first-order chi connectivity index (χ1) is 10.2. The molecule has 2 aromatic carbocycles. The van der Waals surface area contributed by atoms with Crippen LogP contribution in [0.25, 0.3) is 10.1 Å². The van der Waals surface area contributed by atoms with E-state index in [4.69, 9.17) is 5.73 Å². The van der Waals surface area contributed by atoms with Gasteiger partial charge >= 0.3 is 0 Å². The van der Waals surface area contributed by atoms with Crippen LogP contribution in [-0.4, -0.2) is 5.91 Å². The Bertz CT molecular complexity index is 746.